The van der Waals surface area contributed by atoms with Crippen molar-refractivity contribution in [3.05, 3.63) is 65.2 Å². The molecule has 2 aromatic rings. The van der Waals surface area contributed by atoms with E-state index >= 15 is 0 Å². The lowest BCUT2D eigenvalue weighted by atomic mass is 10.1. The summed E-state index contributed by atoms with van der Waals surface area (Å²) in [5, 5.41) is 0.0864. The molecule has 2 rings (SSSR count). The Morgan fingerprint density at radius 3 is 2.35 bits per heavy atom. The molecule has 0 aliphatic carbocycles. The minimum Gasteiger partial charge on any atom is -0.468 e. The second-order valence-corrected chi connectivity index (χ2v) is 6.91. The number of benzene rings is 2. The average molecular weight is 354 g/mol. The maximum absolute atomic E-state index is 12.5. The van der Waals surface area contributed by atoms with E-state index in [-0.39, 0.29) is 16.3 Å². The Morgan fingerprint density at radius 2 is 1.74 bits per heavy atom. The van der Waals surface area contributed by atoms with Crippen LogP contribution in [0.3, 0.4) is 0 Å². The first-order valence-corrected chi connectivity index (χ1v) is 8.69. The van der Waals surface area contributed by atoms with Gasteiger partial charge >= 0.3 is 5.97 Å². The van der Waals surface area contributed by atoms with Gasteiger partial charge in [0.1, 0.15) is 10.9 Å². The molecule has 0 saturated heterocycles. The van der Waals surface area contributed by atoms with Crippen molar-refractivity contribution < 1.29 is 17.9 Å². The Balaban J connectivity index is 2.27. The fourth-order valence-electron chi connectivity index (χ4n) is 2.08. The lowest BCUT2D eigenvalue weighted by molar-refractivity contribution is -0.142. The number of nitrogens with one attached hydrogen (secondary N) is 1. The molecule has 1 atom stereocenters. The summed E-state index contributed by atoms with van der Waals surface area (Å²) in [6, 6.07) is 14.1. The fourth-order valence-corrected chi connectivity index (χ4v) is 3.78. The molecule has 0 radical (unpaired) electrons. The van der Waals surface area contributed by atoms with E-state index in [0.717, 1.165) is 5.56 Å². The van der Waals surface area contributed by atoms with Gasteiger partial charge in [0.25, 0.3) is 0 Å². The molecule has 7 heteroatoms. The lowest BCUT2D eigenvalue weighted by Crippen LogP contribution is -2.43. The molecule has 0 fully saturated rings. The molecule has 122 valence electrons. The van der Waals surface area contributed by atoms with Crippen LogP contribution in [0.2, 0.25) is 5.02 Å². The second kappa shape index (κ2) is 7.59. The van der Waals surface area contributed by atoms with Gasteiger partial charge in [0, 0.05) is 0 Å². The Labute approximate surface area is 140 Å². The van der Waals surface area contributed by atoms with Gasteiger partial charge < -0.3 is 4.74 Å². The number of carbonyl (C=O) groups excluding carboxylic acids is 1. The Morgan fingerprint density at radius 1 is 1.13 bits per heavy atom. The Hall–Kier alpha value is -1.89. The van der Waals surface area contributed by atoms with E-state index in [2.05, 4.69) is 4.72 Å². The van der Waals surface area contributed by atoms with Crippen molar-refractivity contribution in [2.75, 3.05) is 7.11 Å². The molecular formula is C16H16ClNO4S. The third-order valence-corrected chi connectivity index (χ3v) is 5.16. The lowest BCUT2D eigenvalue weighted by Gasteiger charge is -2.17. The Bertz CT molecular complexity index is 778. The molecule has 23 heavy (non-hydrogen) atoms. The zero-order chi connectivity index (χ0) is 16.9. The number of esters is 1. The zero-order valence-electron chi connectivity index (χ0n) is 12.4. The summed E-state index contributed by atoms with van der Waals surface area (Å²) in [5.74, 6) is -0.663. The van der Waals surface area contributed by atoms with Crippen molar-refractivity contribution in [3.63, 3.8) is 0 Å². The number of ether oxygens (including phenoxy) is 1. The van der Waals surface area contributed by atoms with Gasteiger partial charge in [-0.1, -0.05) is 54.1 Å². The summed E-state index contributed by atoms with van der Waals surface area (Å²) in [7, 11) is -2.74. The molecule has 2 aromatic carbocycles. The number of hydrogen-bond acceptors (Lipinski definition) is 4. The van der Waals surface area contributed by atoms with E-state index in [1.807, 2.05) is 18.2 Å². The summed E-state index contributed by atoms with van der Waals surface area (Å²) < 4.78 is 32.0. The quantitative estimate of drug-likeness (QED) is 0.809. The zero-order valence-corrected chi connectivity index (χ0v) is 14.0. The number of hydrogen-bond donors (Lipinski definition) is 1. The van der Waals surface area contributed by atoms with Gasteiger partial charge in [-0.3, -0.25) is 4.79 Å². The highest BCUT2D eigenvalue weighted by atomic mass is 35.5. The van der Waals surface area contributed by atoms with E-state index < -0.39 is 22.0 Å². The van der Waals surface area contributed by atoms with E-state index in [0.29, 0.717) is 0 Å². The third-order valence-electron chi connectivity index (χ3n) is 3.19. The molecule has 0 heterocycles. The molecule has 0 saturated carbocycles. The summed E-state index contributed by atoms with van der Waals surface area (Å²) in [6.07, 6.45) is 0.178. The Kier molecular flexibility index (Phi) is 5.76. The van der Waals surface area contributed by atoms with Crippen LogP contribution in [0.4, 0.5) is 0 Å². The first-order chi connectivity index (χ1) is 10.9. The van der Waals surface area contributed by atoms with Crippen molar-refractivity contribution in [2.45, 2.75) is 17.4 Å². The van der Waals surface area contributed by atoms with Gasteiger partial charge in [-0.05, 0) is 24.1 Å². The molecule has 0 aliphatic heterocycles. The van der Waals surface area contributed by atoms with Crippen LogP contribution in [0.1, 0.15) is 5.56 Å². The van der Waals surface area contributed by atoms with Gasteiger partial charge in [-0.2, -0.15) is 4.72 Å². The molecule has 5 nitrogen and oxygen atoms in total. The van der Waals surface area contributed by atoms with Gasteiger partial charge in [-0.25, -0.2) is 8.42 Å². The van der Waals surface area contributed by atoms with Crippen LogP contribution in [-0.4, -0.2) is 27.5 Å². The second-order valence-electron chi connectivity index (χ2n) is 4.82. The SMILES string of the molecule is COC(=O)[C@H](Cc1ccccc1)NS(=O)(=O)c1ccccc1Cl. The maximum Gasteiger partial charge on any atom is 0.324 e. The number of rotatable bonds is 6. The molecule has 0 amide bonds. The number of sulfonamides is 1. The number of methoxy groups -OCH3 is 1. The average Bonchev–Trinajstić information content (AvgIpc) is 2.54. The molecule has 0 aliphatic rings. The predicted octanol–water partition coefficient (Wildman–Crippen LogP) is 2.40. The van der Waals surface area contributed by atoms with Crippen molar-refractivity contribution in [1.29, 1.82) is 0 Å². The fraction of sp³-hybridized carbons (Fsp3) is 0.188. The topological polar surface area (TPSA) is 72.5 Å². The van der Waals surface area contributed by atoms with Crippen molar-refractivity contribution >= 4 is 27.6 Å². The predicted molar refractivity (Wildman–Crippen MR) is 87.7 cm³/mol. The van der Waals surface area contributed by atoms with E-state index in [9.17, 15) is 13.2 Å². The molecule has 1 N–H and O–H groups in total. The summed E-state index contributed by atoms with van der Waals surface area (Å²) in [4.78, 5) is 11.8. The molecule has 0 unspecified atom stereocenters. The van der Waals surface area contributed by atoms with E-state index in [4.69, 9.17) is 16.3 Å². The third kappa shape index (κ3) is 4.54. The molecule has 0 spiro atoms. The van der Waals surface area contributed by atoms with E-state index in [1.165, 1.54) is 19.2 Å². The molecular weight excluding hydrogens is 338 g/mol. The van der Waals surface area contributed by atoms with Gasteiger partial charge in [0.15, 0.2) is 0 Å². The highest BCUT2D eigenvalue weighted by Crippen LogP contribution is 2.21. The largest absolute Gasteiger partial charge is 0.468 e. The van der Waals surface area contributed by atoms with E-state index in [1.54, 1.807) is 24.3 Å². The smallest absolute Gasteiger partial charge is 0.324 e. The van der Waals surface area contributed by atoms with Crippen LogP contribution >= 0.6 is 11.6 Å². The monoisotopic (exact) mass is 353 g/mol. The normalized spacial score (nSPS) is 12.6. The van der Waals surface area contributed by atoms with Crippen LogP contribution < -0.4 is 4.72 Å². The van der Waals surface area contributed by atoms with Crippen LogP contribution in [0.15, 0.2) is 59.5 Å². The summed E-state index contributed by atoms with van der Waals surface area (Å²) in [6.45, 7) is 0. The first kappa shape index (κ1) is 17.5. The summed E-state index contributed by atoms with van der Waals surface area (Å²) in [5.41, 5.74) is 0.810. The maximum atomic E-state index is 12.5. The number of carbonyl (C=O) groups is 1. The minimum absolute atomic E-state index is 0.0800. The number of halogens is 1. The van der Waals surface area contributed by atoms with Crippen molar-refractivity contribution in [3.8, 4) is 0 Å². The minimum atomic E-state index is -3.95. The van der Waals surface area contributed by atoms with Crippen LogP contribution in [0.25, 0.3) is 0 Å². The molecule has 0 aromatic heterocycles. The highest BCUT2D eigenvalue weighted by Gasteiger charge is 2.27. The van der Waals surface area contributed by atoms with Crippen LogP contribution in [-0.2, 0) is 26.0 Å². The van der Waals surface area contributed by atoms with Crippen molar-refractivity contribution in [1.82, 2.24) is 4.72 Å². The van der Waals surface area contributed by atoms with Gasteiger partial charge in [0.2, 0.25) is 10.0 Å². The van der Waals surface area contributed by atoms with Crippen molar-refractivity contribution in [2.24, 2.45) is 0 Å². The van der Waals surface area contributed by atoms with Gasteiger partial charge in [0.05, 0.1) is 12.1 Å². The van der Waals surface area contributed by atoms with Crippen LogP contribution in [0.5, 0.6) is 0 Å². The van der Waals surface area contributed by atoms with Gasteiger partial charge in [-0.15, -0.1) is 0 Å². The molecule has 0 bridgehead atoms. The summed E-state index contributed by atoms with van der Waals surface area (Å²) >= 11 is 5.93. The first-order valence-electron chi connectivity index (χ1n) is 6.82. The highest BCUT2D eigenvalue weighted by molar-refractivity contribution is 7.89. The standard InChI is InChI=1S/C16H16ClNO4S/c1-22-16(19)14(11-12-7-3-2-4-8-12)18-23(20,21)15-10-6-5-9-13(15)17/h2-10,14,18H,11H2,1H3/t14-/m0/s1. The van der Waals surface area contributed by atoms with Crippen LogP contribution in [0, 0.1) is 0 Å².